The second kappa shape index (κ2) is 5.79. The highest BCUT2D eigenvalue weighted by molar-refractivity contribution is 7.94. The molecule has 1 heterocycles. The summed E-state index contributed by atoms with van der Waals surface area (Å²) in [5.74, 6) is -2.03. The van der Waals surface area contributed by atoms with Crippen LogP contribution in [0.5, 0.6) is 0 Å². The number of benzene rings is 1. The molecule has 0 radical (unpaired) electrons. The van der Waals surface area contributed by atoms with Crippen molar-refractivity contribution in [3.63, 3.8) is 0 Å². The van der Waals surface area contributed by atoms with Crippen LogP contribution in [0.2, 0.25) is 0 Å². The van der Waals surface area contributed by atoms with Gasteiger partial charge in [-0.3, -0.25) is 14.9 Å². The van der Waals surface area contributed by atoms with Gasteiger partial charge in [-0.1, -0.05) is 30.3 Å². The summed E-state index contributed by atoms with van der Waals surface area (Å²) in [5.41, 5.74) is 1.16. The normalized spacial score (nSPS) is 19.6. The quantitative estimate of drug-likeness (QED) is 0.784. The van der Waals surface area contributed by atoms with E-state index in [1.54, 1.807) is 0 Å². The Labute approximate surface area is 123 Å². The average Bonchev–Trinajstić information content (AvgIpc) is 2.44. The zero-order valence-electron chi connectivity index (χ0n) is 11.7. The number of nitrogens with one attached hydrogen (secondary N) is 2. The summed E-state index contributed by atoms with van der Waals surface area (Å²) in [7, 11) is -2.68. The Morgan fingerprint density at radius 3 is 2.38 bits per heavy atom. The molecule has 2 N–H and O–H groups in total. The van der Waals surface area contributed by atoms with Gasteiger partial charge >= 0.3 is 0 Å². The predicted molar refractivity (Wildman–Crippen MR) is 77.5 cm³/mol. The number of carbonyl (C=O) groups excluding carboxylic acids is 2. The molecule has 0 aromatic heterocycles. The van der Waals surface area contributed by atoms with Gasteiger partial charge in [-0.15, -0.1) is 0 Å². The number of rotatable bonds is 4. The summed E-state index contributed by atoms with van der Waals surface area (Å²) in [6.07, 6.45) is 0.342. The number of carbonyl (C=O) groups is 2. The van der Waals surface area contributed by atoms with E-state index in [0.29, 0.717) is 6.42 Å². The van der Waals surface area contributed by atoms with Crippen molar-refractivity contribution >= 4 is 21.8 Å². The Morgan fingerprint density at radius 1 is 1.19 bits per heavy atom. The lowest BCUT2D eigenvalue weighted by molar-refractivity contribution is -0.131. The summed E-state index contributed by atoms with van der Waals surface area (Å²) >= 11 is 0. The van der Waals surface area contributed by atoms with Crippen LogP contribution in [0, 0.1) is 5.92 Å². The first-order valence-electron chi connectivity index (χ1n) is 6.40. The van der Waals surface area contributed by atoms with Crippen LogP contribution in [0.1, 0.15) is 12.5 Å². The van der Waals surface area contributed by atoms with Crippen molar-refractivity contribution in [1.29, 1.82) is 0 Å². The van der Waals surface area contributed by atoms with Gasteiger partial charge in [0.05, 0.1) is 5.92 Å². The van der Waals surface area contributed by atoms with Crippen molar-refractivity contribution in [3.05, 3.63) is 46.4 Å². The molecule has 1 aliphatic heterocycles. The summed E-state index contributed by atoms with van der Waals surface area (Å²) in [6, 6.07) is 9.23. The van der Waals surface area contributed by atoms with Crippen LogP contribution < -0.4 is 10.0 Å². The fourth-order valence-electron chi connectivity index (χ4n) is 2.32. The number of imide groups is 1. The molecule has 1 atom stereocenters. The van der Waals surface area contributed by atoms with Crippen molar-refractivity contribution in [2.45, 2.75) is 13.3 Å². The van der Waals surface area contributed by atoms with Crippen LogP contribution in [0.4, 0.5) is 0 Å². The maximum Gasteiger partial charge on any atom is 0.270 e. The SMILES string of the molecule is CNS(=O)(=O)C1=C(C)C(Cc2ccccc2)C(=O)NC1=O. The topological polar surface area (TPSA) is 92.3 Å². The molecule has 112 valence electrons. The molecular formula is C14H16N2O4S. The van der Waals surface area contributed by atoms with Gasteiger partial charge in [-0.05, 0) is 31.5 Å². The fourth-order valence-corrected chi connectivity index (χ4v) is 3.39. The minimum Gasteiger partial charge on any atom is -0.291 e. The van der Waals surface area contributed by atoms with E-state index in [-0.39, 0.29) is 10.5 Å². The van der Waals surface area contributed by atoms with Crippen LogP contribution >= 0.6 is 0 Å². The molecule has 0 saturated carbocycles. The van der Waals surface area contributed by atoms with Gasteiger partial charge in [0, 0.05) is 0 Å². The first-order valence-corrected chi connectivity index (χ1v) is 7.88. The van der Waals surface area contributed by atoms with Gasteiger partial charge in [-0.25, -0.2) is 13.1 Å². The first-order chi connectivity index (χ1) is 9.86. The second-order valence-electron chi connectivity index (χ2n) is 4.78. The van der Waals surface area contributed by atoms with E-state index in [2.05, 4.69) is 10.0 Å². The summed E-state index contributed by atoms with van der Waals surface area (Å²) < 4.78 is 26.0. The number of amides is 2. The maximum atomic E-state index is 12.0. The van der Waals surface area contributed by atoms with Crippen molar-refractivity contribution < 1.29 is 18.0 Å². The van der Waals surface area contributed by atoms with Crippen LogP contribution in [0.25, 0.3) is 0 Å². The maximum absolute atomic E-state index is 12.0. The van der Waals surface area contributed by atoms with E-state index >= 15 is 0 Å². The highest BCUT2D eigenvalue weighted by atomic mass is 32.2. The third-order valence-electron chi connectivity index (χ3n) is 3.46. The molecule has 1 aromatic carbocycles. The number of hydrogen-bond acceptors (Lipinski definition) is 4. The van der Waals surface area contributed by atoms with E-state index in [1.165, 1.54) is 14.0 Å². The first kappa shape index (κ1) is 15.4. The molecular weight excluding hydrogens is 292 g/mol. The average molecular weight is 308 g/mol. The van der Waals surface area contributed by atoms with Crippen molar-refractivity contribution in [2.75, 3.05) is 7.05 Å². The van der Waals surface area contributed by atoms with Gasteiger partial charge in [0.1, 0.15) is 4.91 Å². The Morgan fingerprint density at radius 2 is 1.81 bits per heavy atom. The van der Waals surface area contributed by atoms with Gasteiger partial charge in [-0.2, -0.15) is 0 Å². The Hall–Kier alpha value is -1.99. The second-order valence-corrected chi connectivity index (χ2v) is 6.60. The van der Waals surface area contributed by atoms with Gasteiger partial charge in [0.2, 0.25) is 15.9 Å². The van der Waals surface area contributed by atoms with E-state index < -0.39 is 27.8 Å². The van der Waals surface area contributed by atoms with Crippen molar-refractivity contribution in [2.24, 2.45) is 5.92 Å². The molecule has 1 aromatic rings. The monoisotopic (exact) mass is 308 g/mol. The molecule has 6 nitrogen and oxygen atoms in total. The minimum atomic E-state index is -3.90. The predicted octanol–water partition coefficient (Wildman–Crippen LogP) is 0.325. The third kappa shape index (κ3) is 3.03. The fraction of sp³-hybridized carbons (Fsp3) is 0.286. The molecule has 7 heteroatoms. The Bertz CT molecular complexity index is 708. The van der Waals surface area contributed by atoms with Crippen molar-refractivity contribution in [3.8, 4) is 0 Å². The molecule has 0 saturated heterocycles. The zero-order chi connectivity index (χ0) is 15.6. The van der Waals surface area contributed by atoms with Gasteiger partial charge in [0.15, 0.2) is 0 Å². The van der Waals surface area contributed by atoms with E-state index in [0.717, 1.165) is 5.56 Å². The number of sulfonamides is 1. The molecule has 0 aliphatic carbocycles. The highest BCUT2D eigenvalue weighted by Gasteiger charge is 2.38. The number of hydrogen-bond donors (Lipinski definition) is 2. The molecule has 0 bridgehead atoms. The lowest BCUT2D eigenvalue weighted by Crippen LogP contribution is -2.46. The lowest BCUT2D eigenvalue weighted by atomic mass is 9.89. The minimum absolute atomic E-state index is 0.266. The van der Waals surface area contributed by atoms with E-state index in [9.17, 15) is 18.0 Å². The van der Waals surface area contributed by atoms with Gasteiger partial charge in [0.25, 0.3) is 5.91 Å². The molecule has 2 amide bonds. The summed E-state index contributed by atoms with van der Waals surface area (Å²) in [5, 5.41) is 2.12. The standard InChI is InChI=1S/C14H16N2O4S/c1-9-11(8-10-6-4-3-5-7-10)13(17)16-14(18)12(9)21(19,20)15-2/h3-7,11,15H,8H2,1-2H3,(H,16,17,18). The van der Waals surface area contributed by atoms with Crippen LogP contribution in [0.15, 0.2) is 40.8 Å². The lowest BCUT2D eigenvalue weighted by Gasteiger charge is -2.25. The zero-order valence-corrected chi connectivity index (χ0v) is 12.5. The smallest absolute Gasteiger partial charge is 0.270 e. The molecule has 1 aliphatic rings. The largest absolute Gasteiger partial charge is 0.291 e. The Kier molecular flexibility index (Phi) is 4.24. The molecule has 2 rings (SSSR count). The third-order valence-corrected chi connectivity index (χ3v) is 5.04. The van der Waals surface area contributed by atoms with E-state index in [4.69, 9.17) is 0 Å². The molecule has 1 unspecified atom stereocenters. The van der Waals surface area contributed by atoms with Crippen LogP contribution in [-0.2, 0) is 26.0 Å². The van der Waals surface area contributed by atoms with Crippen LogP contribution in [0.3, 0.4) is 0 Å². The highest BCUT2D eigenvalue weighted by Crippen LogP contribution is 2.26. The van der Waals surface area contributed by atoms with Crippen molar-refractivity contribution in [1.82, 2.24) is 10.0 Å². The molecule has 0 fully saturated rings. The molecule has 21 heavy (non-hydrogen) atoms. The van der Waals surface area contributed by atoms with Gasteiger partial charge < -0.3 is 0 Å². The summed E-state index contributed by atoms with van der Waals surface area (Å²) in [6.45, 7) is 1.51. The summed E-state index contributed by atoms with van der Waals surface area (Å²) in [4.78, 5) is 23.4. The Balaban J connectivity index is 2.45. The van der Waals surface area contributed by atoms with Crippen LogP contribution in [-0.4, -0.2) is 27.3 Å². The van der Waals surface area contributed by atoms with E-state index in [1.807, 2.05) is 30.3 Å². The molecule has 0 spiro atoms.